The second-order valence-electron chi connectivity index (χ2n) is 7.72. The molecule has 0 N–H and O–H groups in total. The normalized spacial score (nSPS) is 15.6. The van der Waals surface area contributed by atoms with E-state index in [-0.39, 0.29) is 0 Å². The molecular weight excluding hydrogens is 396 g/mol. The fourth-order valence-electron chi connectivity index (χ4n) is 4.54. The standard InChI is InChI=1S/C24H23BrN2/c25-20-11-6-10-19(16-20)23-22(15-17-7-2-1-3-8-17)27-14-13-18-9-4-5-12-21(18)24(27)26-23/h4-6,9-14,16-17H,1-3,7-8,15H2. The van der Waals surface area contributed by atoms with Crippen LogP contribution < -0.4 is 0 Å². The number of halogens is 1. The maximum atomic E-state index is 5.16. The van der Waals surface area contributed by atoms with Crippen molar-refractivity contribution in [3.05, 3.63) is 71.0 Å². The van der Waals surface area contributed by atoms with Gasteiger partial charge in [0.05, 0.1) is 11.4 Å². The summed E-state index contributed by atoms with van der Waals surface area (Å²) < 4.78 is 3.44. The Bertz CT molecular complexity index is 1110. The van der Waals surface area contributed by atoms with E-state index in [1.54, 1.807) is 0 Å². The van der Waals surface area contributed by atoms with Crippen molar-refractivity contribution in [2.45, 2.75) is 38.5 Å². The van der Waals surface area contributed by atoms with Crippen LogP contribution in [0.25, 0.3) is 27.7 Å². The molecule has 136 valence electrons. The molecule has 0 bridgehead atoms. The molecule has 2 nitrogen and oxygen atoms in total. The first-order valence-corrected chi connectivity index (χ1v) is 10.7. The van der Waals surface area contributed by atoms with E-state index in [0.717, 1.165) is 28.2 Å². The summed E-state index contributed by atoms with van der Waals surface area (Å²) in [6.45, 7) is 0. The quantitative estimate of drug-likeness (QED) is 0.348. The van der Waals surface area contributed by atoms with E-state index in [1.165, 1.54) is 54.1 Å². The first-order valence-electron chi connectivity index (χ1n) is 9.94. The minimum Gasteiger partial charge on any atom is -0.303 e. The first-order chi connectivity index (χ1) is 13.3. The summed E-state index contributed by atoms with van der Waals surface area (Å²) in [5, 5.41) is 2.48. The summed E-state index contributed by atoms with van der Waals surface area (Å²) in [6.07, 6.45) is 10.2. The van der Waals surface area contributed by atoms with E-state index < -0.39 is 0 Å². The van der Waals surface area contributed by atoms with Crippen LogP contribution in [0.15, 0.2) is 65.3 Å². The van der Waals surface area contributed by atoms with Gasteiger partial charge in [-0.3, -0.25) is 0 Å². The van der Waals surface area contributed by atoms with Gasteiger partial charge in [-0.1, -0.05) is 84.4 Å². The second-order valence-corrected chi connectivity index (χ2v) is 8.64. The van der Waals surface area contributed by atoms with Crippen molar-refractivity contribution in [1.82, 2.24) is 9.38 Å². The smallest absolute Gasteiger partial charge is 0.145 e. The monoisotopic (exact) mass is 418 g/mol. The molecule has 0 spiro atoms. The van der Waals surface area contributed by atoms with E-state index in [1.807, 2.05) is 0 Å². The fraction of sp³-hybridized carbons (Fsp3) is 0.292. The molecule has 1 saturated carbocycles. The Kier molecular flexibility index (Phi) is 4.48. The summed E-state index contributed by atoms with van der Waals surface area (Å²) in [4.78, 5) is 5.16. The Morgan fingerprint density at radius 3 is 2.67 bits per heavy atom. The predicted molar refractivity (Wildman–Crippen MR) is 116 cm³/mol. The summed E-state index contributed by atoms with van der Waals surface area (Å²) in [7, 11) is 0. The molecule has 1 fully saturated rings. The fourth-order valence-corrected chi connectivity index (χ4v) is 4.94. The zero-order valence-corrected chi connectivity index (χ0v) is 17.0. The lowest BCUT2D eigenvalue weighted by molar-refractivity contribution is 0.354. The van der Waals surface area contributed by atoms with Crippen LogP contribution in [0.4, 0.5) is 0 Å². The second kappa shape index (κ2) is 7.12. The maximum Gasteiger partial charge on any atom is 0.145 e. The molecule has 27 heavy (non-hydrogen) atoms. The Morgan fingerprint density at radius 2 is 1.81 bits per heavy atom. The van der Waals surface area contributed by atoms with Crippen molar-refractivity contribution in [2.24, 2.45) is 5.92 Å². The number of aromatic nitrogens is 2. The molecule has 0 saturated heterocycles. The average molecular weight is 419 g/mol. The lowest BCUT2D eigenvalue weighted by Gasteiger charge is -2.21. The Labute approximate surface area is 168 Å². The molecule has 0 aliphatic heterocycles. The third kappa shape index (κ3) is 3.19. The van der Waals surface area contributed by atoms with Gasteiger partial charge in [-0.15, -0.1) is 0 Å². The van der Waals surface area contributed by atoms with Crippen molar-refractivity contribution >= 4 is 32.3 Å². The van der Waals surface area contributed by atoms with Crippen LogP contribution in [0.3, 0.4) is 0 Å². The summed E-state index contributed by atoms with van der Waals surface area (Å²) >= 11 is 3.63. The van der Waals surface area contributed by atoms with Crippen molar-refractivity contribution < 1.29 is 0 Å². The maximum absolute atomic E-state index is 5.16. The number of rotatable bonds is 3. The van der Waals surface area contributed by atoms with Gasteiger partial charge < -0.3 is 4.40 Å². The molecule has 4 aromatic rings. The number of fused-ring (bicyclic) bond motifs is 3. The van der Waals surface area contributed by atoms with E-state index in [9.17, 15) is 0 Å². The lowest BCUT2D eigenvalue weighted by Crippen LogP contribution is -2.11. The molecule has 1 aliphatic rings. The highest BCUT2D eigenvalue weighted by molar-refractivity contribution is 9.10. The van der Waals surface area contributed by atoms with E-state index in [2.05, 4.69) is 81.1 Å². The molecule has 2 heterocycles. The Hall–Kier alpha value is -2.13. The van der Waals surface area contributed by atoms with Gasteiger partial charge in [-0.2, -0.15) is 0 Å². The molecule has 0 unspecified atom stereocenters. The number of nitrogens with zero attached hydrogens (tertiary/aromatic N) is 2. The molecule has 1 aliphatic carbocycles. The van der Waals surface area contributed by atoms with Crippen LogP contribution in [0.5, 0.6) is 0 Å². The number of imidazole rings is 1. The van der Waals surface area contributed by atoms with Crippen LogP contribution in [0.2, 0.25) is 0 Å². The molecule has 0 atom stereocenters. The minimum atomic E-state index is 0.774. The number of hydrogen-bond donors (Lipinski definition) is 0. The predicted octanol–water partition coefficient (Wildman–Crippen LogP) is 7.04. The first kappa shape index (κ1) is 17.0. The van der Waals surface area contributed by atoms with Crippen LogP contribution in [-0.2, 0) is 6.42 Å². The highest BCUT2D eigenvalue weighted by Gasteiger charge is 2.21. The summed E-state index contributed by atoms with van der Waals surface area (Å²) in [5.41, 5.74) is 4.77. The van der Waals surface area contributed by atoms with Gasteiger partial charge in [0.25, 0.3) is 0 Å². The van der Waals surface area contributed by atoms with Crippen LogP contribution in [0.1, 0.15) is 37.8 Å². The summed E-state index contributed by atoms with van der Waals surface area (Å²) in [6, 6.07) is 19.3. The zero-order valence-electron chi connectivity index (χ0n) is 15.4. The minimum absolute atomic E-state index is 0.774. The van der Waals surface area contributed by atoms with Gasteiger partial charge in [0.1, 0.15) is 5.65 Å². The van der Waals surface area contributed by atoms with Gasteiger partial charge in [-0.05, 0) is 35.9 Å². The van der Waals surface area contributed by atoms with Gasteiger partial charge in [0.15, 0.2) is 0 Å². The lowest BCUT2D eigenvalue weighted by atomic mass is 9.85. The average Bonchev–Trinajstić information content (AvgIpc) is 3.08. The van der Waals surface area contributed by atoms with E-state index >= 15 is 0 Å². The van der Waals surface area contributed by atoms with Gasteiger partial charge in [0.2, 0.25) is 0 Å². The van der Waals surface area contributed by atoms with Crippen molar-refractivity contribution in [3.8, 4) is 11.3 Å². The van der Waals surface area contributed by atoms with Gasteiger partial charge in [0, 0.05) is 21.6 Å². The van der Waals surface area contributed by atoms with Crippen molar-refractivity contribution in [1.29, 1.82) is 0 Å². The molecule has 0 amide bonds. The van der Waals surface area contributed by atoms with Gasteiger partial charge >= 0.3 is 0 Å². The number of pyridine rings is 1. The van der Waals surface area contributed by atoms with E-state index in [4.69, 9.17) is 4.98 Å². The van der Waals surface area contributed by atoms with Crippen LogP contribution in [-0.4, -0.2) is 9.38 Å². The molecule has 3 heteroatoms. The molecule has 0 radical (unpaired) electrons. The van der Waals surface area contributed by atoms with Gasteiger partial charge in [-0.25, -0.2) is 4.98 Å². The summed E-state index contributed by atoms with van der Waals surface area (Å²) in [5.74, 6) is 0.774. The zero-order chi connectivity index (χ0) is 18.2. The van der Waals surface area contributed by atoms with E-state index in [0.29, 0.717) is 0 Å². The highest BCUT2D eigenvalue weighted by atomic mass is 79.9. The number of hydrogen-bond acceptors (Lipinski definition) is 1. The third-order valence-corrected chi connectivity index (χ3v) is 6.41. The SMILES string of the molecule is Brc1cccc(-c2nc3c4ccccc4ccn3c2CC2CCCCC2)c1. The van der Waals surface area contributed by atoms with Crippen molar-refractivity contribution in [2.75, 3.05) is 0 Å². The van der Waals surface area contributed by atoms with Crippen LogP contribution >= 0.6 is 15.9 Å². The third-order valence-electron chi connectivity index (χ3n) is 5.92. The molecule has 2 aromatic carbocycles. The van der Waals surface area contributed by atoms with Crippen LogP contribution in [0, 0.1) is 5.92 Å². The molecule has 5 rings (SSSR count). The Morgan fingerprint density at radius 1 is 0.963 bits per heavy atom. The van der Waals surface area contributed by atoms with Crippen molar-refractivity contribution in [3.63, 3.8) is 0 Å². The highest BCUT2D eigenvalue weighted by Crippen LogP contribution is 2.34. The topological polar surface area (TPSA) is 17.3 Å². The molecular formula is C24H23BrN2. The Balaban J connectivity index is 1.72. The molecule has 2 aromatic heterocycles. The number of benzene rings is 2. The largest absolute Gasteiger partial charge is 0.303 e.